The number of rotatable bonds is 6. The van der Waals surface area contributed by atoms with E-state index in [-0.39, 0.29) is 0 Å². The molecule has 1 aromatic rings. The largest absolute Gasteiger partial charge is 0.397 e. The molecule has 0 aliphatic rings. The van der Waals surface area contributed by atoms with Gasteiger partial charge in [0.15, 0.2) is 0 Å². The van der Waals surface area contributed by atoms with Gasteiger partial charge >= 0.3 is 0 Å². The smallest absolute Gasteiger partial charge is 0.208 e. The van der Waals surface area contributed by atoms with Gasteiger partial charge in [0.2, 0.25) is 10.0 Å². The standard InChI is InChI=1S/C11H19N3O2S/c1-9-4-5-11(10(12)8-9)13-6-3-7-14-17(2,15)16/h4-5,8,13-14H,3,6-7,12H2,1-2H3. The summed E-state index contributed by atoms with van der Waals surface area (Å²) in [6, 6.07) is 5.80. The third-order valence-corrected chi connectivity index (χ3v) is 2.97. The number of nitrogen functional groups attached to an aromatic ring is 1. The van der Waals surface area contributed by atoms with Crippen LogP contribution >= 0.6 is 0 Å². The van der Waals surface area contributed by atoms with Crippen molar-refractivity contribution in [2.45, 2.75) is 13.3 Å². The molecule has 0 saturated heterocycles. The van der Waals surface area contributed by atoms with Gasteiger partial charge in [-0.05, 0) is 31.0 Å². The lowest BCUT2D eigenvalue weighted by Crippen LogP contribution is -2.24. The van der Waals surface area contributed by atoms with Crippen LogP contribution in [-0.4, -0.2) is 27.8 Å². The summed E-state index contributed by atoms with van der Waals surface area (Å²) in [6.07, 6.45) is 1.86. The summed E-state index contributed by atoms with van der Waals surface area (Å²) in [5.41, 5.74) is 8.54. The molecule has 1 rings (SSSR count). The van der Waals surface area contributed by atoms with Crippen molar-refractivity contribution in [3.8, 4) is 0 Å². The molecule has 0 unspecified atom stereocenters. The first-order chi connectivity index (χ1) is 7.88. The van der Waals surface area contributed by atoms with Gasteiger partial charge in [-0.2, -0.15) is 0 Å². The van der Waals surface area contributed by atoms with Gasteiger partial charge in [-0.3, -0.25) is 0 Å². The zero-order valence-corrected chi connectivity index (χ0v) is 11.0. The van der Waals surface area contributed by atoms with Crippen LogP contribution in [0.5, 0.6) is 0 Å². The fourth-order valence-electron chi connectivity index (χ4n) is 1.41. The number of hydrogen-bond acceptors (Lipinski definition) is 4. The molecule has 0 bridgehead atoms. The molecule has 5 nitrogen and oxygen atoms in total. The zero-order valence-electron chi connectivity index (χ0n) is 10.2. The molecule has 0 amide bonds. The minimum absolute atomic E-state index is 0.428. The van der Waals surface area contributed by atoms with Crippen molar-refractivity contribution in [2.75, 3.05) is 30.4 Å². The van der Waals surface area contributed by atoms with Gasteiger partial charge in [-0.1, -0.05) is 6.07 Å². The number of benzene rings is 1. The summed E-state index contributed by atoms with van der Waals surface area (Å²) in [5, 5.41) is 3.17. The van der Waals surface area contributed by atoms with Crippen molar-refractivity contribution in [1.29, 1.82) is 0 Å². The predicted molar refractivity (Wildman–Crippen MR) is 71.5 cm³/mol. The fourth-order valence-corrected chi connectivity index (χ4v) is 1.93. The maximum atomic E-state index is 10.8. The van der Waals surface area contributed by atoms with Gasteiger partial charge in [0.1, 0.15) is 0 Å². The van der Waals surface area contributed by atoms with Gasteiger partial charge in [0.05, 0.1) is 17.6 Å². The summed E-state index contributed by atoms with van der Waals surface area (Å²) in [4.78, 5) is 0. The van der Waals surface area contributed by atoms with Crippen LogP contribution in [0, 0.1) is 6.92 Å². The van der Waals surface area contributed by atoms with Crippen molar-refractivity contribution in [1.82, 2.24) is 4.72 Å². The minimum Gasteiger partial charge on any atom is -0.397 e. The van der Waals surface area contributed by atoms with Crippen LogP contribution in [0.2, 0.25) is 0 Å². The van der Waals surface area contributed by atoms with Crippen LogP contribution in [0.1, 0.15) is 12.0 Å². The molecular formula is C11H19N3O2S. The number of hydrogen-bond donors (Lipinski definition) is 3. The molecule has 0 aliphatic carbocycles. The number of aryl methyl sites for hydroxylation is 1. The number of nitrogens with one attached hydrogen (secondary N) is 2. The highest BCUT2D eigenvalue weighted by atomic mass is 32.2. The lowest BCUT2D eigenvalue weighted by atomic mass is 10.2. The van der Waals surface area contributed by atoms with Crippen LogP contribution in [0.3, 0.4) is 0 Å². The van der Waals surface area contributed by atoms with E-state index in [9.17, 15) is 8.42 Å². The normalized spacial score (nSPS) is 11.4. The molecule has 17 heavy (non-hydrogen) atoms. The number of nitrogens with two attached hydrogens (primary N) is 1. The zero-order chi connectivity index (χ0) is 12.9. The fraction of sp³-hybridized carbons (Fsp3) is 0.455. The Bertz CT molecular complexity index is 472. The van der Waals surface area contributed by atoms with E-state index < -0.39 is 10.0 Å². The summed E-state index contributed by atoms with van der Waals surface area (Å²) in [5.74, 6) is 0. The summed E-state index contributed by atoms with van der Waals surface area (Å²) >= 11 is 0. The summed E-state index contributed by atoms with van der Waals surface area (Å²) in [7, 11) is -3.09. The van der Waals surface area contributed by atoms with E-state index in [1.54, 1.807) is 0 Å². The van der Waals surface area contributed by atoms with Crippen LogP contribution in [0.15, 0.2) is 18.2 Å². The molecule has 96 valence electrons. The molecule has 6 heteroatoms. The van der Waals surface area contributed by atoms with Gasteiger partial charge < -0.3 is 11.1 Å². The third-order valence-electron chi connectivity index (χ3n) is 2.24. The van der Waals surface area contributed by atoms with Gasteiger partial charge in [-0.15, -0.1) is 0 Å². The Kier molecular flexibility index (Phi) is 4.77. The first-order valence-electron chi connectivity index (χ1n) is 5.43. The Morgan fingerprint density at radius 3 is 2.59 bits per heavy atom. The monoisotopic (exact) mass is 257 g/mol. The van der Waals surface area contributed by atoms with E-state index in [4.69, 9.17) is 5.73 Å². The molecule has 0 aliphatic heterocycles. The van der Waals surface area contributed by atoms with Crippen LogP contribution in [-0.2, 0) is 10.0 Å². The highest BCUT2D eigenvalue weighted by Gasteiger charge is 2.00. The van der Waals surface area contributed by atoms with Crippen molar-refractivity contribution >= 4 is 21.4 Å². The SMILES string of the molecule is Cc1ccc(NCCCNS(C)(=O)=O)c(N)c1. The molecular weight excluding hydrogens is 238 g/mol. The van der Waals surface area contributed by atoms with E-state index in [0.717, 1.165) is 17.5 Å². The first kappa shape index (κ1) is 13.8. The van der Waals surface area contributed by atoms with Crippen molar-refractivity contribution in [3.05, 3.63) is 23.8 Å². The predicted octanol–water partition coefficient (Wildman–Crippen LogP) is 0.928. The quantitative estimate of drug-likeness (QED) is 0.523. The second-order valence-corrected chi connectivity index (χ2v) is 5.87. The average molecular weight is 257 g/mol. The average Bonchev–Trinajstić information content (AvgIpc) is 2.18. The third kappa shape index (κ3) is 5.55. The molecule has 0 fully saturated rings. The van der Waals surface area contributed by atoms with Gasteiger partial charge in [0.25, 0.3) is 0 Å². The lowest BCUT2D eigenvalue weighted by Gasteiger charge is -2.09. The molecule has 4 N–H and O–H groups in total. The van der Waals surface area contributed by atoms with E-state index >= 15 is 0 Å². The molecule has 0 radical (unpaired) electrons. The molecule has 0 saturated carbocycles. The van der Waals surface area contributed by atoms with Crippen molar-refractivity contribution < 1.29 is 8.42 Å². The van der Waals surface area contributed by atoms with E-state index in [2.05, 4.69) is 10.0 Å². The molecule has 0 heterocycles. The second kappa shape index (κ2) is 5.88. The molecule has 0 spiro atoms. The van der Waals surface area contributed by atoms with Crippen LogP contribution < -0.4 is 15.8 Å². The highest BCUT2D eigenvalue weighted by molar-refractivity contribution is 7.88. The Morgan fingerprint density at radius 2 is 2.00 bits per heavy atom. The van der Waals surface area contributed by atoms with Crippen molar-refractivity contribution in [3.63, 3.8) is 0 Å². The maximum Gasteiger partial charge on any atom is 0.208 e. The molecule has 1 aromatic carbocycles. The number of anilines is 2. The Hall–Kier alpha value is -1.27. The Labute approximate surface area is 102 Å². The minimum atomic E-state index is -3.09. The Balaban J connectivity index is 2.32. The van der Waals surface area contributed by atoms with E-state index in [1.165, 1.54) is 0 Å². The lowest BCUT2D eigenvalue weighted by molar-refractivity contribution is 0.586. The van der Waals surface area contributed by atoms with Crippen molar-refractivity contribution in [2.24, 2.45) is 0 Å². The topological polar surface area (TPSA) is 84.2 Å². The number of sulfonamides is 1. The van der Waals surface area contributed by atoms with Crippen LogP contribution in [0.25, 0.3) is 0 Å². The molecule has 0 atom stereocenters. The maximum absolute atomic E-state index is 10.8. The van der Waals surface area contributed by atoms with Crippen LogP contribution in [0.4, 0.5) is 11.4 Å². The van der Waals surface area contributed by atoms with E-state index in [0.29, 0.717) is 25.2 Å². The Morgan fingerprint density at radius 1 is 1.29 bits per heavy atom. The second-order valence-electron chi connectivity index (χ2n) is 4.04. The first-order valence-corrected chi connectivity index (χ1v) is 7.32. The molecule has 0 aromatic heterocycles. The summed E-state index contributed by atoms with van der Waals surface area (Å²) in [6.45, 7) is 3.09. The van der Waals surface area contributed by atoms with Gasteiger partial charge in [-0.25, -0.2) is 13.1 Å². The summed E-state index contributed by atoms with van der Waals surface area (Å²) < 4.78 is 24.0. The van der Waals surface area contributed by atoms with E-state index in [1.807, 2.05) is 25.1 Å². The highest BCUT2D eigenvalue weighted by Crippen LogP contribution is 2.18. The van der Waals surface area contributed by atoms with Gasteiger partial charge in [0, 0.05) is 13.1 Å².